The van der Waals surface area contributed by atoms with Crippen molar-refractivity contribution in [3.05, 3.63) is 11.6 Å². The van der Waals surface area contributed by atoms with Crippen molar-refractivity contribution in [3.8, 4) is 0 Å². The van der Waals surface area contributed by atoms with Gasteiger partial charge < -0.3 is 4.74 Å². The molecule has 3 saturated carbocycles. The highest BCUT2D eigenvalue weighted by Gasteiger charge is 2.62. The molecule has 0 amide bonds. The van der Waals surface area contributed by atoms with Crippen molar-refractivity contribution in [2.75, 3.05) is 6.61 Å². The second kappa shape index (κ2) is 3.79. The van der Waals surface area contributed by atoms with Crippen LogP contribution in [-0.2, 0) is 9.53 Å². The zero-order chi connectivity index (χ0) is 12.8. The molecule has 3 fully saturated rings. The van der Waals surface area contributed by atoms with Crippen LogP contribution in [0.25, 0.3) is 0 Å². The van der Waals surface area contributed by atoms with Crippen molar-refractivity contribution in [1.82, 2.24) is 0 Å². The number of carbonyl (C=O) groups excluding carboxylic acids is 1. The summed E-state index contributed by atoms with van der Waals surface area (Å²) >= 11 is 0. The van der Waals surface area contributed by atoms with E-state index in [0.717, 1.165) is 12.5 Å². The molecule has 3 rings (SSSR count). The maximum absolute atomic E-state index is 13.8. The fourth-order valence-corrected chi connectivity index (χ4v) is 3.09. The normalized spacial score (nSPS) is 35.2. The molecule has 0 aromatic rings. The Balaban J connectivity index is 2.26. The van der Waals surface area contributed by atoms with Crippen LogP contribution >= 0.6 is 0 Å². The third-order valence-corrected chi connectivity index (χ3v) is 4.33. The summed E-state index contributed by atoms with van der Waals surface area (Å²) in [5.74, 6) is -3.60. The number of esters is 1. The summed E-state index contributed by atoms with van der Waals surface area (Å²) in [4.78, 5) is 11.3. The molecule has 0 aromatic carbocycles. The van der Waals surface area contributed by atoms with Gasteiger partial charge in [0.1, 0.15) is 0 Å². The topological polar surface area (TPSA) is 26.3 Å². The van der Waals surface area contributed by atoms with E-state index in [1.807, 2.05) is 13.8 Å². The molecule has 0 saturated heterocycles. The van der Waals surface area contributed by atoms with Gasteiger partial charge in [0.25, 0.3) is 5.92 Å². The fourth-order valence-electron chi connectivity index (χ4n) is 3.09. The molecule has 0 spiro atoms. The van der Waals surface area contributed by atoms with Gasteiger partial charge in [-0.3, -0.25) is 0 Å². The quantitative estimate of drug-likeness (QED) is 0.551. The van der Waals surface area contributed by atoms with Gasteiger partial charge in [0.05, 0.1) is 6.61 Å². The lowest BCUT2D eigenvalue weighted by Gasteiger charge is -2.59. The van der Waals surface area contributed by atoms with E-state index >= 15 is 0 Å². The minimum Gasteiger partial charge on any atom is -0.463 e. The Labute approximate surface area is 100 Å². The summed E-state index contributed by atoms with van der Waals surface area (Å²) in [6, 6.07) is 0. The lowest BCUT2D eigenvalue weighted by Crippen LogP contribution is -2.56. The molecule has 17 heavy (non-hydrogen) atoms. The zero-order valence-corrected chi connectivity index (χ0v) is 10.4. The molecule has 2 nitrogen and oxygen atoms in total. The highest BCUT2D eigenvalue weighted by molar-refractivity contribution is 5.83. The van der Waals surface area contributed by atoms with E-state index < -0.39 is 11.9 Å². The van der Waals surface area contributed by atoms with Crippen LogP contribution in [-0.4, -0.2) is 18.5 Å². The lowest BCUT2D eigenvalue weighted by molar-refractivity contribution is -0.143. The SMILES string of the molecule is CCOC(=O)/C=C1\[C@@H]2C[C@H](CC1(F)F)C2(C)C. The van der Waals surface area contributed by atoms with Crippen LogP contribution in [0.2, 0.25) is 0 Å². The molecule has 96 valence electrons. The molecule has 4 heteroatoms. The standard InChI is InChI=1S/C13H18F2O2/c1-4-17-11(16)6-10-9-5-8(12(9,2)3)7-13(10,14)15/h6,8-9H,4-5,7H2,1-3H3/b10-6+/t8-,9+/m1/s1. The van der Waals surface area contributed by atoms with Crippen molar-refractivity contribution in [2.24, 2.45) is 17.3 Å². The Morgan fingerprint density at radius 1 is 1.53 bits per heavy atom. The average molecular weight is 244 g/mol. The van der Waals surface area contributed by atoms with Gasteiger partial charge in [0, 0.05) is 18.1 Å². The third-order valence-electron chi connectivity index (χ3n) is 4.33. The van der Waals surface area contributed by atoms with Crippen LogP contribution in [0.1, 0.15) is 33.6 Å². The molecule has 3 aliphatic rings. The van der Waals surface area contributed by atoms with Gasteiger partial charge in [0.15, 0.2) is 0 Å². The van der Waals surface area contributed by atoms with Crippen LogP contribution < -0.4 is 0 Å². The Hall–Kier alpha value is -0.930. The molecule has 0 N–H and O–H groups in total. The Morgan fingerprint density at radius 2 is 2.18 bits per heavy atom. The molecule has 3 aliphatic carbocycles. The maximum Gasteiger partial charge on any atom is 0.330 e. The molecular weight excluding hydrogens is 226 g/mol. The second-order valence-corrected chi connectivity index (χ2v) is 5.57. The third kappa shape index (κ3) is 1.87. The van der Waals surface area contributed by atoms with Crippen molar-refractivity contribution >= 4 is 5.97 Å². The summed E-state index contributed by atoms with van der Waals surface area (Å²) in [5, 5.41) is 0. The van der Waals surface area contributed by atoms with Crippen LogP contribution in [0.5, 0.6) is 0 Å². The second-order valence-electron chi connectivity index (χ2n) is 5.57. The van der Waals surface area contributed by atoms with Gasteiger partial charge in [-0.05, 0) is 30.6 Å². The molecule has 0 aliphatic heterocycles. The summed E-state index contributed by atoms with van der Waals surface area (Å²) < 4.78 is 32.4. The molecular formula is C13H18F2O2. The minimum absolute atomic E-state index is 0.0246. The molecule has 0 unspecified atom stereocenters. The predicted octanol–water partition coefficient (Wildman–Crippen LogP) is 3.18. The van der Waals surface area contributed by atoms with E-state index in [-0.39, 0.29) is 35.9 Å². The number of ether oxygens (including phenoxy) is 1. The smallest absolute Gasteiger partial charge is 0.330 e. The maximum atomic E-state index is 13.8. The highest BCUT2D eigenvalue weighted by atomic mass is 19.3. The number of allylic oxidation sites excluding steroid dienone is 1. The van der Waals surface area contributed by atoms with E-state index in [4.69, 9.17) is 4.74 Å². The van der Waals surface area contributed by atoms with Crippen molar-refractivity contribution < 1.29 is 18.3 Å². The average Bonchev–Trinajstić information content (AvgIpc) is 2.20. The van der Waals surface area contributed by atoms with Gasteiger partial charge in [-0.1, -0.05) is 13.8 Å². The van der Waals surface area contributed by atoms with Gasteiger partial charge in [-0.15, -0.1) is 0 Å². The highest BCUT2D eigenvalue weighted by Crippen LogP contribution is 2.65. The number of hydrogen-bond acceptors (Lipinski definition) is 2. The van der Waals surface area contributed by atoms with Gasteiger partial charge in [-0.25, -0.2) is 13.6 Å². The number of hydrogen-bond donors (Lipinski definition) is 0. The van der Waals surface area contributed by atoms with Crippen LogP contribution in [0.4, 0.5) is 8.78 Å². The van der Waals surface area contributed by atoms with Crippen LogP contribution in [0.3, 0.4) is 0 Å². The van der Waals surface area contributed by atoms with Crippen molar-refractivity contribution in [2.45, 2.75) is 39.5 Å². The predicted molar refractivity (Wildman–Crippen MR) is 59.7 cm³/mol. The Morgan fingerprint density at radius 3 is 2.71 bits per heavy atom. The summed E-state index contributed by atoms with van der Waals surface area (Å²) in [6.07, 6.45) is 1.65. The first-order valence-electron chi connectivity index (χ1n) is 6.05. The van der Waals surface area contributed by atoms with Crippen LogP contribution in [0, 0.1) is 17.3 Å². The first kappa shape index (κ1) is 12.5. The number of halogens is 2. The number of alkyl halides is 2. The Kier molecular flexibility index (Phi) is 2.79. The minimum atomic E-state index is -2.84. The zero-order valence-electron chi connectivity index (χ0n) is 10.4. The van der Waals surface area contributed by atoms with Crippen molar-refractivity contribution in [3.63, 3.8) is 0 Å². The van der Waals surface area contributed by atoms with Crippen molar-refractivity contribution in [1.29, 1.82) is 0 Å². The Bertz CT molecular complexity index is 372. The van der Waals surface area contributed by atoms with Gasteiger partial charge in [0.2, 0.25) is 0 Å². The number of rotatable bonds is 2. The van der Waals surface area contributed by atoms with E-state index in [0.29, 0.717) is 0 Å². The van der Waals surface area contributed by atoms with E-state index in [1.54, 1.807) is 6.92 Å². The molecule has 2 atom stereocenters. The van der Waals surface area contributed by atoms with E-state index in [1.165, 1.54) is 0 Å². The van der Waals surface area contributed by atoms with E-state index in [9.17, 15) is 13.6 Å². The molecule has 0 radical (unpaired) electrons. The molecule has 0 heterocycles. The van der Waals surface area contributed by atoms with Gasteiger partial charge in [-0.2, -0.15) is 0 Å². The first-order valence-corrected chi connectivity index (χ1v) is 6.05. The monoisotopic (exact) mass is 244 g/mol. The largest absolute Gasteiger partial charge is 0.463 e. The number of carbonyl (C=O) groups is 1. The fraction of sp³-hybridized carbons (Fsp3) is 0.769. The van der Waals surface area contributed by atoms with E-state index in [2.05, 4.69) is 0 Å². The molecule has 2 bridgehead atoms. The number of fused-ring (bicyclic) bond motifs is 2. The summed E-state index contributed by atoms with van der Waals surface area (Å²) in [7, 11) is 0. The van der Waals surface area contributed by atoms with Gasteiger partial charge >= 0.3 is 5.97 Å². The van der Waals surface area contributed by atoms with Crippen LogP contribution in [0.15, 0.2) is 11.6 Å². The lowest BCUT2D eigenvalue weighted by atomic mass is 9.46. The summed E-state index contributed by atoms with van der Waals surface area (Å²) in [6.45, 7) is 5.88. The molecule has 0 aromatic heterocycles. The summed E-state index contributed by atoms with van der Waals surface area (Å²) in [5.41, 5.74) is -0.136. The first-order chi connectivity index (χ1) is 7.79.